The molecule has 2 rings (SSSR count). The molecule has 0 aliphatic rings. The Morgan fingerprint density at radius 3 is 3.12 bits per heavy atom. The van der Waals surface area contributed by atoms with Gasteiger partial charge in [0.1, 0.15) is 5.82 Å². The number of hydrogen-bond donors (Lipinski definition) is 3. The first-order chi connectivity index (χ1) is 7.81. The highest BCUT2D eigenvalue weighted by Crippen LogP contribution is 2.01. The number of fused-ring (bicyclic) bond motifs is 1. The molecule has 0 saturated carbocycles. The summed E-state index contributed by atoms with van der Waals surface area (Å²) >= 11 is 0. The number of rotatable bonds is 5. The quantitative estimate of drug-likeness (QED) is 0.590. The highest BCUT2D eigenvalue weighted by atomic mass is 16.2. The van der Waals surface area contributed by atoms with E-state index in [1.165, 1.54) is 4.52 Å². The minimum atomic E-state index is -0.328. The molecule has 2 heterocycles. The van der Waals surface area contributed by atoms with Gasteiger partial charge in [-0.15, -0.1) is 5.10 Å². The van der Waals surface area contributed by atoms with Crippen molar-refractivity contribution < 1.29 is 0 Å². The first-order valence-electron chi connectivity index (χ1n) is 5.20. The minimum Gasteiger partial charge on any atom is -0.367 e. The largest absolute Gasteiger partial charge is 0.367 e. The van der Waals surface area contributed by atoms with Gasteiger partial charge in [-0.2, -0.15) is 9.61 Å². The summed E-state index contributed by atoms with van der Waals surface area (Å²) in [7, 11) is 0. The molecule has 0 aromatic carbocycles. The highest BCUT2D eigenvalue weighted by molar-refractivity contribution is 5.42. The van der Waals surface area contributed by atoms with Crippen molar-refractivity contribution in [3.8, 4) is 0 Å². The molecule has 0 unspecified atom stereocenters. The van der Waals surface area contributed by atoms with E-state index in [1.54, 1.807) is 12.1 Å². The lowest BCUT2D eigenvalue weighted by molar-refractivity contribution is 0.735. The Morgan fingerprint density at radius 2 is 2.31 bits per heavy atom. The van der Waals surface area contributed by atoms with E-state index in [1.807, 2.05) is 0 Å². The zero-order chi connectivity index (χ0) is 11.4. The van der Waals surface area contributed by atoms with Gasteiger partial charge >= 0.3 is 5.69 Å². The second kappa shape index (κ2) is 4.75. The van der Waals surface area contributed by atoms with Crippen molar-refractivity contribution in [3.63, 3.8) is 0 Å². The number of aromatic amines is 1. The van der Waals surface area contributed by atoms with Crippen LogP contribution in [0.15, 0.2) is 16.9 Å². The summed E-state index contributed by atoms with van der Waals surface area (Å²) in [6.07, 6.45) is 0. The Balaban J connectivity index is 2.07. The molecule has 0 atom stereocenters. The molecular formula is C9H14N6O. The molecule has 7 nitrogen and oxygen atoms in total. The monoisotopic (exact) mass is 222 g/mol. The third kappa shape index (κ3) is 2.19. The molecule has 0 amide bonds. The fourth-order valence-corrected chi connectivity index (χ4v) is 1.35. The van der Waals surface area contributed by atoms with E-state index in [0.717, 1.165) is 19.6 Å². The van der Waals surface area contributed by atoms with Gasteiger partial charge in [-0.05, 0) is 18.7 Å². The number of nitrogens with zero attached hydrogens (tertiary/aromatic N) is 3. The first kappa shape index (κ1) is 10.6. The maximum Gasteiger partial charge on any atom is 0.364 e. The molecule has 2 aromatic rings. The molecule has 0 aliphatic carbocycles. The van der Waals surface area contributed by atoms with Crippen LogP contribution in [-0.2, 0) is 0 Å². The first-order valence-corrected chi connectivity index (χ1v) is 5.20. The summed E-state index contributed by atoms with van der Waals surface area (Å²) in [5, 5.41) is 16.5. The average Bonchev–Trinajstić information content (AvgIpc) is 2.67. The molecule has 0 aliphatic heterocycles. The van der Waals surface area contributed by atoms with E-state index in [2.05, 4.69) is 32.9 Å². The molecule has 16 heavy (non-hydrogen) atoms. The normalized spacial score (nSPS) is 10.8. The van der Waals surface area contributed by atoms with Crippen LogP contribution in [0, 0.1) is 0 Å². The topological polar surface area (TPSA) is 87.1 Å². The Labute approximate surface area is 91.9 Å². The maximum absolute atomic E-state index is 11.2. The molecule has 0 spiro atoms. The lowest BCUT2D eigenvalue weighted by Gasteiger charge is -2.05. The summed E-state index contributed by atoms with van der Waals surface area (Å²) in [6.45, 7) is 4.61. The van der Waals surface area contributed by atoms with E-state index in [4.69, 9.17) is 0 Å². The van der Waals surface area contributed by atoms with Crippen LogP contribution in [0.25, 0.3) is 5.65 Å². The third-order valence-electron chi connectivity index (χ3n) is 2.13. The van der Waals surface area contributed by atoms with Crippen LogP contribution in [0.5, 0.6) is 0 Å². The molecule has 0 fully saturated rings. The number of anilines is 1. The van der Waals surface area contributed by atoms with Crippen LogP contribution in [0.3, 0.4) is 0 Å². The standard InChI is InChI=1S/C9H14N6O/c1-2-10-5-6-11-7-3-4-8-12-13-9(16)15(8)14-7/h3-4,10H,2,5-6H2,1H3,(H,11,14)(H,13,16). The number of H-pyrrole nitrogens is 1. The summed E-state index contributed by atoms with van der Waals surface area (Å²) < 4.78 is 1.23. The molecule has 3 N–H and O–H groups in total. The Kier molecular flexibility index (Phi) is 3.16. The highest BCUT2D eigenvalue weighted by Gasteiger charge is 2.01. The van der Waals surface area contributed by atoms with Gasteiger partial charge in [0.2, 0.25) is 0 Å². The summed E-state index contributed by atoms with van der Waals surface area (Å²) in [4.78, 5) is 11.2. The fraction of sp³-hybridized carbons (Fsp3) is 0.444. The van der Waals surface area contributed by atoms with Gasteiger partial charge < -0.3 is 10.6 Å². The second-order valence-electron chi connectivity index (χ2n) is 3.30. The van der Waals surface area contributed by atoms with Gasteiger partial charge in [-0.25, -0.2) is 9.89 Å². The van der Waals surface area contributed by atoms with Gasteiger partial charge in [0.25, 0.3) is 0 Å². The Morgan fingerprint density at radius 1 is 1.44 bits per heavy atom. The molecule has 0 radical (unpaired) electrons. The van der Waals surface area contributed by atoms with Crippen molar-refractivity contribution in [1.29, 1.82) is 0 Å². The molecular weight excluding hydrogens is 208 g/mol. The zero-order valence-electron chi connectivity index (χ0n) is 9.03. The average molecular weight is 222 g/mol. The van der Waals surface area contributed by atoms with Crippen LogP contribution in [0.2, 0.25) is 0 Å². The number of hydrogen-bond acceptors (Lipinski definition) is 5. The van der Waals surface area contributed by atoms with Gasteiger partial charge in [0.15, 0.2) is 5.65 Å². The number of likely N-dealkylation sites (N-methyl/N-ethyl adjacent to an activating group) is 1. The second-order valence-corrected chi connectivity index (χ2v) is 3.30. The summed E-state index contributed by atoms with van der Waals surface area (Å²) in [5.74, 6) is 0.661. The summed E-state index contributed by atoms with van der Waals surface area (Å²) in [5.41, 5.74) is 0.188. The van der Waals surface area contributed by atoms with Gasteiger partial charge in [0, 0.05) is 13.1 Å². The van der Waals surface area contributed by atoms with E-state index >= 15 is 0 Å². The van der Waals surface area contributed by atoms with Crippen LogP contribution in [0.1, 0.15) is 6.92 Å². The predicted molar refractivity (Wildman–Crippen MR) is 60.6 cm³/mol. The number of nitrogens with one attached hydrogen (secondary N) is 3. The fourth-order valence-electron chi connectivity index (χ4n) is 1.35. The van der Waals surface area contributed by atoms with Crippen molar-refractivity contribution in [2.24, 2.45) is 0 Å². The zero-order valence-corrected chi connectivity index (χ0v) is 9.03. The van der Waals surface area contributed by atoms with Crippen LogP contribution in [0.4, 0.5) is 5.82 Å². The smallest absolute Gasteiger partial charge is 0.364 e. The van der Waals surface area contributed by atoms with Crippen molar-refractivity contribution >= 4 is 11.5 Å². The molecule has 0 saturated heterocycles. The lowest BCUT2D eigenvalue weighted by atomic mass is 10.5. The van der Waals surface area contributed by atoms with Crippen molar-refractivity contribution in [1.82, 2.24) is 25.1 Å². The Hall–Kier alpha value is -1.89. The lowest BCUT2D eigenvalue weighted by Crippen LogP contribution is -2.22. The molecule has 86 valence electrons. The van der Waals surface area contributed by atoms with Crippen LogP contribution >= 0.6 is 0 Å². The van der Waals surface area contributed by atoms with Gasteiger partial charge in [-0.1, -0.05) is 6.92 Å². The maximum atomic E-state index is 11.2. The van der Waals surface area contributed by atoms with Crippen molar-refractivity contribution in [3.05, 3.63) is 22.6 Å². The van der Waals surface area contributed by atoms with E-state index in [0.29, 0.717) is 11.5 Å². The SMILES string of the molecule is CCNCCNc1ccc2n[nH]c(=O)n2n1. The van der Waals surface area contributed by atoms with E-state index in [9.17, 15) is 4.79 Å². The van der Waals surface area contributed by atoms with Crippen LogP contribution < -0.4 is 16.3 Å². The predicted octanol–water partition coefficient (Wildman–Crippen LogP) is -0.561. The van der Waals surface area contributed by atoms with Crippen LogP contribution in [-0.4, -0.2) is 39.4 Å². The Bertz CT molecular complexity index is 516. The van der Waals surface area contributed by atoms with Crippen molar-refractivity contribution in [2.75, 3.05) is 25.0 Å². The molecule has 7 heteroatoms. The van der Waals surface area contributed by atoms with Gasteiger partial charge in [0.05, 0.1) is 0 Å². The van der Waals surface area contributed by atoms with Gasteiger partial charge in [-0.3, -0.25) is 0 Å². The molecule has 2 aromatic heterocycles. The van der Waals surface area contributed by atoms with E-state index < -0.39 is 0 Å². The summed E-state index contributed by atoms with van der Waals surface area (Å²) in [6, 6.07) is 3.53. The van der Waals surface area contributed by atoms with Crippen molar-refractivity contribution in [2.45, 2.75) is 6.92 Å². The molecule has 0 bridgehead atoms. The minimum absolute atomic E-state index is 0.328. The third-order valence-corrected chi connectivity index (χ3v) is 2.13. The van der Waals surface area contributed by atoms with E-state index in [-0.39, 0.29) is 5.69 Å². The number of aromatic nitrogens is 4.